The van der Waals surface area contributed by atoms with Crippen LogP contribution in [-0.2, 0) is 4.79 Å². The van der Waals surface area contributed by atoms with Gasteiger partial charge in [0.1, 0.15) is 0 Å². The third-order valence-corrected chi connectivity index (χ3v) is 2.96. The molecule has 0 radical (unpaired) electrons. The van der Waals surface area contributed by atoms with Gasteiger partial charge in [0.05, 0.1) is 0 Å². The van der Waals surface area contributed by atoms with Gasteiger partial charge in [-0.1, -0.05) is 0 Å². The molecular weight excluding hydrogens is 176 g/mol. The van der Waals surface area contributed by atoms with Gasteiger partial charge in [0.25, 0.3) is 0 Å². The summed E-state index contributed by atoms with van der Waals surface area (Å²) in [5.41, 5.74) is 5.39. The van der Waals surface area contributed by atoms with Crippen molar-refractivity contribution in [3.63, 3.8) is 0 Å². The number of amides is 1. The fraction of sp³-hybridized carbons (Fsp3) is 0.909. The number of primary amides is 1. The lowest BCUT2D eigenvalue weighted by molar-refractivity contribution is -0.118. The first-order valence-electron chi connectivity index (χ1n) is 5.46. The summed E-state index contributed by atoms with van der Waals surface area (Å²) < 4.78 is 0. The van der Waals surface area contributed by atoms with Crippen molar-refractivity contribution in [2.75, 3.05) is 6.54 Å². The molecule has 0 unspecified atom stereocenters. The molecule has 0 aliphatic carbocycles. The third kappa shape index (κ3) is 2.98. The zero-order valence-corrected chi connectivity index (χ0v) is 9.55. The topological polar surface area (TPSA) is 46.3 Å². The van der Waals surface area contributed by atoms with Crippen LogP contribution in [0.3, 0.4) is 0 Å². The van der Waals surface area contributed by atoms with Crippen LogP contribution < -0.4 is 5.73 Å². The number of carbonyl (C=O) groups excluding carboxylic acids is 1. The second-order valence-corrected chi connectivity index (χ2v) is 5.17. The Morgan fingerprint density at radius 3 is 2.64 bits per heavy atom. The van der Waals surface area contributed by atoms with Crippen LogP contribution in [0.4, 0.5) is 0 Å². The highest BCUT2D eigenvalue weighted by molar-refractivity contribution is 5.73. The van der Waals surface area contributed by atoms with Crippen molar-refractivity contribution in [3.8, 4) is 0 Å². The molecule has 1 saturated heterocycles. The maximum Gasteiger partial charge on any atom is 0.217 e. The van der Waals surface area contributed by atoms with Crippen molar-refractivity contribution in [1.82, 2.24) is 4.90 Å². The van der Waals surface area contributed by atoms with Crippen molar-refractivity contribution in [2.24, 2.45) is 5.73 Å². The molecule has 1 atom stereocenters. The van der Waals surface area contributed by atoms with E-state index in [0.717, 1.165) is 13.0 Å². The molecule has 14 heavy (non-hydrogen) atoms. The molecule has 3 nitrogen and oxygen atoms in total. The van der Waals surface area contributed by atoms with Crippen molar-refractivity contribution in [3.05, 3.63) is 0 Å². The molecule has 0 spiro atoms. The SMILES string of the molecule is CC(C)(C)N1CCC[C@H]1CCC(N)=O. The van der Waals surface area contributed by atoms with Crippen molar-refractivity contribution in [2.45, 2.75) is 58.0 Å². The van der Waals surface area contributed by atoms with Crippen molar-refractivity contribution in [1.29, 1.82) is 0 Å². The molecule has 1 rings (SSSR count). The molecule has 1 amide bonds. The van der Waals surface area contributed by atoms with Gasteiger partial charge in [-0.2, -0.15) is 0 Å². The average molecular weight is 198 g/mol. The van der Waals surface area contributed by atoms with Crippen LogP contribution in [0.15, 0.2) is 0 Å². The summed E-state index contributed by atoms with van der Waals surface area (Å²) in [6, 6.07) is 0.558. The smallest absolute Gasteiger partial charge is 0.217 e. The first-order chi connectivity index (χ1) is 6.41. The first-order valence-corrected chi connectivity index (χ1v) is 5.46. The molecule has 0 aromatic carbocycles. The summed E-state index contributed by atoms with van der Waals surface area (Å²) in [6.45, 7) is 7.85. The maximum absolute atomic E-state index is 10.7. The van der Waals surface area contributed by atoms with Gasteiger partial charge in [-0.25, -0.2) is 0 Å². The summed E-state index contributed by atoms with van der Waals surface area (Å²) in [5, 5.41) is 0. The second kappa shape index (κ2) is 4.30. The van der Waals surface area contributed by atoms with Crippen LogP contribution in [0.2, 0.25) is 0 Å². The monoisotopic (exact) mass is 198 g/mol. The van der Waals surface area contributed by atoms with Crippen LogP contribution >= 0.6 is 0 Å². The minimum atomic E-state index is -0.175. The fourth-order valence-corrected chi connectivity index (χ4v) is 2.33. The Morgan fingerprint density at radius 1 is 1.50 bits per heavy atom. The Hall–Kier alpha value is -0.570. The zero-order valence-electron chi connectivity index (χ0n) is 9.55. The van der Waals surface area contributed by atoms with E-state index >= 15 is 0 Å². The molecule has 1 aliphatic rings. The van der Waals surface area contributed by atoms with E-state index in [-0.39, 0.29) is 11.4 Å². The molecule has 82 valence electrons. The van der Waals surface area contributed by atoms with Gasteiger partial charge >= 0.3 is 0 Å². The third-order valence-electron chi connectivity index (χ3n) is 2.96. The van der Waals surface area contributed by atoms with E-state index in [1.807, 2.05) is 0 Å². The predicted molar refractivity (Wildman–Crippen MR) is 57.9 cm³/mol. The maximum atomic E-state index is 10.7. The summed E-state index contributed by atoms with van der Waals surface area (Å²) in [5.74, 6) is -0.175. The summed E-state index contributed by atoms with van der Waals surface area (Å²) >= 11 is 0. The number of nitrogens with zero attached hydrogens (tertiary/aromatic N) is 1. The summed E-state index contributed by atoms with van der Waals surface area (Å²) in [7, 11) is 0. The molecular formula is C11H22N2O. The van der Waals surface area contributed by atoms with Gasteiger partial charge in [-0.05, 0) is 46.6 Å². The number of likely N-dealkylation sites (tertiary alicyclic amines) is 1. The molecule has 0 bridgehead atoms. The molecule has 0 aromatic heterocycles. The van der Waals surface area contributed by atoms with Crippen molar-refractivity contribution < 1.29 is 4.79 Å². The van der Waals surface area contributed by atoms with Gasteiger partial charge in [0.15, 0.2) is 0 Å². The molecule has 2 N–H and O–H groups in total. The number of hydrogen-bond acceptors (Lipinski definition) is 2. The van der Waals surface area contributed by atoms with Gasteiger partial charge < -0.3 is 5.73 Å². The van der Waals surface area contributed by atoms with Crippen molar-refractivity contribution >= 4 is 5.91 Å². The van der Waals surface area contributed by atoms with E-state index in [0.29, 0.717) is 12.5 Å². The Balaban J connectivity index is 2.47. The predicted octanol–water partition coefficient (Wildman–Crippen LogP) is 1.51. The molecule has 3 heteroatoms. The van der Waals surface area contributed by atoms with E-state index in [1.54, 1.807) is 0 Å². The number of rotatable bonds is 3. The average Bonchev–Trinajstić information content (AvgIpc) is 2.46. The molecule has 1 fully saturated rings. The van der Waals surface area contributed by atoms with Crippen LogP contribution in [0.1, 0.15) is 46.5 Å². The van der Waals surface area contributed by atoms with Gasteiger partial charge in [-0.15, -0.1) is 0 Å². The largest absolute Gasteiger partial charge is 0.370 e. The van der Waals surface area contributed by atoms with Crippen LogP contribution in [-0.4, -0.2) is 28.9 Å². The van der Waals surface area contributed by atoms with Gasteiger partial charge in [0, 0.05) is 18.0 Å². The Morgan fingerprint density at radius 2 is 2.14 bits per heavy atom. The standard InChI is InChI=1S/C11H22N2O/c1-11(2,3)13-8-4-5-9(13)6-7-10(12)14/h9H,4-8H2,1-3H3,(H2,12,14)/t9-/m0/s1. The molecule has 0 saturated carbocycles. The van der Waals surface area contributed by atoms with Crippen LogP contribution in [0.5, 0.6) is 0 Å². The number of nitrogens with two attached hydrogens (primary N) is 1. The Kier molecular flexibility index (Phi) is 3.53. The van der Waals surface area contributed by atoms with Gasteiger partial charge in [0.2, 0.25) is 5.91 Å². The summed E-state index contributed by atoms with van der Waals surface area (Å²) in [6.07, 6.45) is 3.91. The Labute approximate surface area is 86.6 Å². The highest BCUT2D eigenvalue weighted by Crippen LogP contribution is 2.28. The normalized spacial score (nSPS) is 24.1. The first kappa shape index (κ1) is 11.5. The minimum absolute atomic E-state index is 0.175. The lowest BCUT2D eigenvalue weighted by Crippen LogP contribution is -2.44. The van der Waals surface area contributed by atoms with E-state index in [4.69, 9.17) is 5.73 Å². The molecule has 1 heterocycles. The molecule has 1 aliphatic heterocycles. The van der Waals surface area contributed by atoms with Crippen LogP contribution in [0.25, 0.3) is 0 Å². The summed E-state index contributed by atoms with van der Waals surface area (Å²) in [4.78, 5) is 13.2. The van der Waals surface area contributed by atoms with Crippen LogP contribution in [0, 0.1) is 0 Å². The van der Waals surface area contributed by atoms with E-state index in [2.05, 4.69) is 25.7 Å². The lowest BCUT2D eigenvalue weighted by Gasteiger charge is -2.37. The zero-order chi connectivity index (χ0) is 10.8. The highest BCUT2D eigenvalue weighted by atomic mass is 16.1. The molecule has 0 aromatic rings. The van der Waals surface area contributed by atoms with E-state index < -0.39 is 0 Å². The second-order valence-electron chi connectivity index (χ2n) is 5.17. The van der Waals surface area contributed by atoms with E-state index in [1.165, 1.54) is 12.8 Å². The minimum Gasteiger partial charge on any atom is -0.370 e. The number of carbonyl (C=O) groups is 1. The van der Waals surface area contributed by atoms with E-state index in [9.17, 15) is 4.79 Å². The van der Waals surface area contributed by atoms with Gasteiger partial charge in [-0.3, -0.25) is 9.69 Å². The Bertz CT molecular complexity index is 208. The quantitative estimate of drug-likeness (QED) is 0.747. The fourth-order valence-electron chi connectivity index (χ4n) is 2.33. The number of hydrogen-bond donors (Lipinski definition) is 1. The highest BCUT2D eigenvalue weighted by Gasteiger charge is 2.32. The lowest BCUT2D eigenvalue weighted by atomic mass is 10.0.